The molecule has 1 fully saturated rings. The van der Waals surface area contributed by atoms with Crippen molar-refractivity contribution in [3.63, 3.8) is 0 Å². The van der Waals surface area contributed by atoms with Gasteiger partial charge in [-0.25, -0.2) is 4.98 Å². The molecule has 2 aliphatic rings. The summed E-state index contributed by atoms with van der Waals surface area (Å²) < 4.78 is 5.42. The van der Waals surface area contributed by atoms with Crippen molar-refractivity contribution in [3.05, 3.63) is 46.1 Å². The van der Waals surface area contributed by atoms with E-state index in [1.54, 1.807) is 11.3 Å². The standard InChI is InChI=1S/C20H22N4O2S/c1-12-3-2-4-15-14(12)9-17(22-15)19(25)24-7-5-16-18(10-24)27-20(23-16)21-13-6-8-26-11-13/h2-4,9,13,22H,5-8,10-11H2,1H3,(H,21,23). The third kappa shape index (κ3) is 3.11. The van der Waals surface area contributed by atoms with Gasteiger partial charge in [-0.15, -0.1) is 0 Å². The fourth-order valence-electron chi connectivity index (χ4n) is 3.85. The molecule has 1 unspecified atom stereocenters. The topological polar surface area (TPSA) is 70.2 Å². The van der Waals surface area contributed by atoms with E-state index in [0.29, 0.717) is 24.8 Å². The average Bonchev–Trinajstić information content (AvgIpc) is 3.40. The minimum atomic E-state index is 0.0587. The predicted octanol–water partition coefficient (Wildman–Crippen LogP) is 3.33. The Kier molecular flexibility index (Phi) is 4.13. The van der Waals surface area contributed by atoms with Gasteiger partial charge in [0.1, 0.15) is 5.69 Å². The molecule has 5 rings (SSSR count). The Hall–Kier alpha value is -2.38. The fraction of sp³-hybridized carbons (Fsp3) is 0.400. The van der Waals surface area contributed by atoms with Crippen LogP contribution in [0.3, 0.4) is 0 Å². The number of carbonyl (C=O) groups is 1. The van der Waals surface area contributed by atoms with Gasteiger partial charge in [0, 0.05) is 35.4 Å². The van der Waals surface area contributed by atoms with Crippen LogP contribution in [0.15, 0.2) is 24.3 Å². The van der Waals surface area contributed by atoms with Crippen LogP contribution in [0.5, 0.6) is 0 Å². The molecule has 3 aromatic rings. The number of rotatable bonds is 3. The Morgan fingerprint density at radius 1 is 1.44 bits per heavy atom. The van der Waals surface area contributed by atoms with E-state index in [0.717, 1.165) is 47.8 Å². The number of H-pyrrole nitrogens is 1. The number of amides is 1. The molecular formula is C20H22N4O2S. The van der Waals surface area contributed by atoms with Gasteiger partial charge in [-0.3, -0.25) is 4.79 Å². The highest BCUT2D eigenvalue weighted by molar-refractivity contribution is 7.15. The highest BCUT2D eigenvalue weighted by Crippen LogP contribution is 2.30. The minimum Gasteiger partial charge on any atom is -0.379 e. The van der Waals surface area contributed by atoms with Crippen LogP contribution < -0.4 is 5.32 Å². The number of thiazole rings is 1. The number of carbonyl (C=O) groups excluding carboxylic acids is 1. The molecule has 27 heavy (non-hydrogen) atoms. The normalized spacial score (nSPS) is 19.4. The van der Waals surface area contributed by atoms with Gasteiger partial charge < -0.3 is 19.9 Å². The fourth-order valence-corrected chi connectivity index (χ4v) is 4.95. The van der Waals surface area contributed by atoms with Crippen molar-refractivity contribution in [3.8, 4) is 0 Å². The van der Waals surface area contributed by atoms with Crippen molar-refractivity contribution in [1.82, 2.24) is 14.9 Å². The van der Waals surface area contributed by atoms with Gasteiger partial charge in [-0.2, -0.15) is 0 Å². The number of nitrogens with zero attached hydrogens (tertiary/aromatic N) is 2. The molecule has 0 spiro atoms. The molecule has 1 amide bonds. The van der Waals surface area contributed by atoms with Gasteiger partial charge >= 0.3 is 0 Å². The number of nitrogens with one attached hydrogen (secondary N) is 2. The number of hydrogen-bond donors (Lipinski definition) is 2. The zero-order chi connectivity index (χ0) is 18.4. The van der Waals surface area contributed by atoms with Crippen LogP contribution in [0.25, 0.3) is 10.9 Å². The second-order valence-electron chi connectivity index (χ2n) is 7.29. The molecule has 0 saturated carbocycles. The van der Waals surface area contributed by atoms with Crippen LogP contribution in [-0.2, 0) is 17.7 Å². The third-order valence-electron chi connectivity index (χ3n) is 5.39. The Morgan fingerprint density at radius 3 is 3.19 bits per heavy atom. The van der Waals surface area contributed by atoms with Crippen molar-refractivity contribution >= 4 is 33.3 Å². The predicted molar refractivity (Wildman–Crippen MR) is 106 cm³/mol. The minimum absolute atomic E-state index is 0.0587. The summed E-state index contributed by atoms with van der Waals surface area (Å²) in [5.41, 5.74) is 3.98. The molecule has 7 heteroatoms. The molecule has 2 aromatic heterocycles. The van der Waals surface area contributed by atoms with E-state index in [-0.39, 0.29) is 5.91 Å². The molecular weight excluding hydrogens is 360 g/mol. The zero-order valence-corrected chi connectivity index (χ0v) is 16.1. The largest absolute Gasteiger partial charge is 0.379 e. The van der Waals surface area contributed by atoms with Crippen molar-refractivity contribution in [2.45, 2.75) is 32.4 Å². The number of aryl methyl sites for hydroxylation is 1. The molecule has 0 radical (unpaired) electrons. The smallest absolute Gasteiger partial charge is 0.270 e. The maximum absolute atomic E-state index is 13.0. The van der Waals surface area contributed by atoms with Crippen LogP contribution in [0.1, 0.15) is 33.0 Å². The number of fused-ring (bicyclic) bond motifs is 2. The number of hydrogen-bond acceptors (Lipinski definition) is 5. The molecule has 2 N–H and O–H groups in total. The highest BCUT2D eigenvalue weighted by atomic mass is 32.1. The quantitative estimate of drug-likeness (QED) is 0.729. The van der Waals surface area contributed by atoms with E-state index < -0.39 is 0 Å². The summed E-state index contributed by atoms with van der Waals surface area (Å²) in [6.07, 6.45) is 1.83. The molecule has 4 heterocycles. The Labute approximate surface area is 161 Å². The first-order chi connectivity index (χ1) is 13.2. The maximum Gasteiger partial charge on any atom is 0.270 e. The molecule has 1 aromatic carbocycles. The van der Waals surface area contributed by atoms with E-state index in [1.165, 1.54) is 10.4 Å². The van der Waals surface area contributed by atoms with Gasteiger partial charge in [0.15, 0.2) is 5.13 Å². The number of aromatic amines is 1. The van der Waals surface area contributed by atoms with Crippen molar-refractivity contribution < 1.29 is 9.53 Å². The summed E-state index contributed by atoms with van der Waals surface area (Å²) >= 11 is 1.66. The number of aromatic nitrogens is 2. The van der Waals surface area contributed by atoms with Gasteiger partial charge in [0.2, 0.25) is 0 Å². The molecule has 0 bridgehead atoms. The van der Waals surface area contributed by atoms with E-state index in [4.69, 9.17) is 9.72 Å². The first-order valence-corrected chi connectivity index (χ1v) is 10.2. The van der Waals surface area contributed by atoms with Crippen LogP contribution in [0.4, 0.5) is 5.13 Å². The van der Waals surface area contributed by atoms with Crippen LogP contribution in [-0.4, -0.2) is 46.6 Å². The van der Waals surface area contributed by atoms with Crippen LogP contribution >= 0.6 is 11.3 Å². The first kappa shape index (κ1) is 16.8. The molecule has 2 aliphatic heterocycles. The van der Waals surface area contributed by atoms with Gasteiger partial charge in [-0.05, 0) is 31.0 Å². The van der Waals surface area contributed by atoms with Crippen molar-refractivity contribution in [2.24, 2.45) is 0 Å². The summed E-state index contributed by atoms with van der Waals surface area (Å²) in [5, 5.41) is 5.53. The van der Waals surface area contributed by atoms with E-state index in [2.05, 4.69) is 23.3 Å². The van der Waals surface area contributed by atoms with Crippen molar-refractivity contribution in [1.29, 1.82) is 0 Å². The highest BCUT2D eigenvalue weighted by Gasteiger charge is 2.27. The molecule has 0 aliphatic carbocycles. The number of ether oxygens (including phenoxy) is 1. The van der Waals surface area contributed by atoms with Crippen LogP contribution in [0.2, 0.25) is 0 Å². The summed E-state index contributed by atoms with van der Waals surface area (Å²) in [5.74, 6) is 0.0587. The molecule has 6 nitrogen and oxygen atoms in total. The lowest BCUT2D eigenvalue weighted by molar-refractivity contribution is 0.0731. The van der Waals surface area contributed by atoms with Gasteiger partial charge in [-0.1, -0.05) is 23.5 Å². The van der Waals surface area contributed by atoms with E-state index in [1.807, 2.05) is 23.1 Å². The molecule has 1 atom stereocenters. The lowest BCUT2D eigenvalue weighted by atomic mass is 10.1. The Morgan fingerprint density at radius 2 is 2.37 bits per heavy atom. The monoisotopic (exact) mass is 382 g/mol. The lowest BCUT2D eigenvalue weighted by Crippen LogP contribution is -2.35. The Balaban J connectivity index is 1.34. The third-order valence-corrected chi connectivity index (χ3v) is 6.40. The number of anilines is 1. The Bertz CT molecular complexity index is 1000. The second kappa shape index (κ2) is 6.65. The average molecular weight is 382 g/mol. The van der Waals surface area contributed by atoms with E-state index in [9.17, 15) is 4.79 Å². The number of benzene rings is 1. The SMILES string of the molecule is Cc1cccc2[nH]c(C(=O)N3CCc4nc(NC5CCOC5)sc4C3)cc12. The van der Waals surface area contributed by atoms with E-state index >= 15 is 0 Å². The first-order valence-electron chi connectivity index (χ1n) is 9.38. The van der Waals surface area contributed by atoms with Crippen LogP contribution in [0, 0.1) is 6.92 Å². The molecule has 1 saturated heterocycles. The summed E-state index contributed by atoms with van der Waals surface area (Å²) in [6.45, 7) is 4.96. The van der Waals surface area contributed by atoms with Gasteiger partial charge in [0.25, 0.3) is 5.91 Å². The maximum atomic E-state index is 13.0. The van der Waals surface area contributed by atoms with Crippen molar-refractivity contribution in [2.75, 3.05) is 25.1 Å². The molecule has 140 valence electrons. The summed E-state index contributed by atoms with van der Waals surface area (Å²) in [6, 6.07) is 8.42. The second-order valence-corrected chi connectivity index (χ2v) is 8.37. The zero-order valence-electron chi connectivity index (χ0n) is 15.2. The van der Waals surface area contributed by atoms with Gasteiger partial charge in [0.05, 0.1) is 24.9 Å². The lowest BCUT2D eigenvalue weighted by Gasteiger charge is -2.25. The summed E-state index contributed by atoms with van der Waals surface area (Å²) in [7, 11) is 0. The summed E-state index contributed by atoms with van der Waals surface area (Å²) in [4.78, 5) is 24.1.